The zero-order valence-electron chi connectivity index (χ0n) is 9.90. The van der Waals surface area contributed by atoms with Gasteiger partial charge in [0.2, 0.25) is 0 Å². The van der Waals surface area contributed by atoms with Gasteiger partial charge in [0.25, 0.3) is 0 Å². The van der Waals surface area contributed by atoms with E-state index < -0.39 is 14.9 Å². The van der Waals surface area contributed by atoms with Crippen LogP contribution < -0.4 is 0 Å². The van der Waals surface area contributed by atoms with Gasteiger partial charge in [-0.1, -0.05) is 18.2 Å². The van der Waals surface area contributed by atoms with Gasteiger partial charge in [-0.3, -0.25) is 0 Å². The molecule has 0 aromatic heterocycles. The van der Waals surface area contributed by atoms with E-state index in [1.165, 1.54) is 0 Å². The van der Waals surface area contributed by atoms with Gasteiger partial charge in [-0.15, -0.1) is 5.34 Å². The van der Waals surface area contributed by atoms with E-state index in [0.717, 1.165) is 5.34 Å². The van der Waals surface area contributed by atoms with E-state index in [1.54, 1.807) is 24.3 Å². The first kappa shape index (κ1) is 36.6. The predicted octanol–water partition coefficient (Wildman–Crippen LogP) is -0.310. The Morgan fingerprint density at radius 2 is 1.45 bits per heavy atom. The molecule has 0 heterocycles. The van der Waals surface area contributed by atoms with Gasteiger partial charge in [0.05, 0.1) is 6.61 Å². The molecule has 0 aliphatic heterocycles. The van der Waals surface area contributed by atoms with Crippen molar-refractivity contribution < 1.29 is 49.3 Å². The molecule has 0 aliphatic carbocycles. The van der Waals surface area contributed by atoms with E-state index >= 15 is 0 Å². The van der Waals surface area contributed by atoms with Crippen molar-refractivity contribution in [1.82, 2.24) is 0 Å². The molecule has 13 heteroatoms. The molecule has 11 nitrogen and oxygen atoms in total. The van der Waals surface area contributed by atoms with Crippen molar-refractivity contribution in [2.45, 2.75) is 6.61 Å². The Morgan fingerprint density at radius 1 is 1.15 bits per heavy atom. The number of aliphatic hydroxyl groups is 1. The molecule has 1 radical (unpaired) electrons. The van der Waals surface area contributed by atoms with Crippen molar-refractivity contribution >= 4 is 14.9 Å². The summed E-state index contributed by atoms with van der Waals surface area (Å²) in [5.41, 5.74) is 0.567. The number of para-hydroxylation sites is 1. The minimum atomic E-state index is -3.04. The summed E-state index contributed by atoms with van der Waals surface area (Å²) in [6.45, 7) is -0.104. The number of hydrogen-bond acceptors (Lipinski definition) is 8. The van der Waals surface area contributed by atoms with Crippen LogP contribution in [0.3, 0.4) is 0 Å². The van der Waals surface area contributed by atoms with Gasteiger partial charge < -0.3 is 38.1 Å². The fourth-order valence-corrected chi connectivity index (χ4v) is 0.645. The third kappa shape index (κ3) is 30.4. The molecule has 20 heavy (non-hydrogen) atoms. The van der Waals surface area contributed by atoms with Crippen LogP contribution in [-0.2, 0) is 27.7 Å². The van der Waals surface area contributed by atoms with Crippen molar-refractivity contribution in [2.75, 3.05) is 0 Å². The second kappa shape index (κ2) is 26.8. The standard InChI is InChI=1S/C7H8O2.HNO2.2H2N.H3O3Se.H2O.Pt/c8-5-6-3-1-2-4-7(6)9;2-1-3;;;1-4(2)3;;/h1-4,8-9H,5H2;(H,2,3);2*1H2;1-3H;1H2;/q;;2*-1;;;+2/p-1. The number of benzene rings is 1. The monoisotopic (exact) mass is 546 g/mol. The SMILES string of the molecule is O.O=N[O-].OCc1ccccc1O.O[Se](O)O.[NH2-].[NH2-].[Pt+2]. The Kier molecular flexibility index (Phi) is 49.0. The molecule has 1 aromatic carbocycles. The molecule has 0 amide bonds. The maximum atomic E-state index is 8.95. The molecule has 1 rings (SSSR count). The molecular formula is C7H17N3O8PtSe-. The molecule has 1 aromatic rings. The molecule has 0 aliphatic rings. The van der Waals surface area contributed by atoms with Gasteiger partial charge in [0.15, 0.2) is 0 Å². The fraction of sp³-hybridized carbons (Fsp3) is 0.143. The molecule has 0 bridgehead atoms. The van der Waals surface area contributed by atoms with Gasteiger partial charge in [-0.25, -0.2) is 0 Å². The fourth-order valence-electron chi connectivity index (χ4n) is 0.645. The zero-order chi connectivity index (χ0) is 13.0. The number of aliphatic hydroxyl groups excluding tert-OH is 1. The first-order chi connectivity index (χ1) is 7.49. The summed E-state index contributed by atoms with van der Waals surface area (Å²) in [6, 6.07) is 6.71. The van der Waals surface area contributed by atoms with Gasteiger partial charge in [-0.05, 0) is 6.07 Å². The summed E-state index contributed by atoms with van der Waals surface area (Å²) >= 11 is -3.04. The third-order valence-electron chi connectivity index (χ3n) is 1.16. The van der Waals surface area contributed by atoms with Gasteiger partial charge >= 0.3 is 48.5 Å². The molecule has 125 valence electrons. The van der Waals surface area contributed by atoms with E-state index in [0.29, 0.717) is 5.56 Å². The number of rotatable bonds is 1. The van der Waals surface area contributed by atoms with Crippen LogP contribution in [0.4, 0.5) is 0 Å². The van der Waals surface area contributed by atoms with Crippen molar-refractivity contribution in [2.24, 2.45) is 5.34 Å². The number of hydrogen-bond donors (Lipinski definition) is 5. The van der Waals surface area contributed by atoms with Crippen LogP contribution >= 0.6 is 0 Å². The Morgan fingerprint density at radius 3 is 1.65 bits per heavy atom. The molecule has 0 unspecified atom stereocenters. The van der Waals surface area contributed by atoms with Crippen LogP contribution in [0.15, 0.2) is 29.6 Å². The average molecular weight is 545 g/mol. The second-order valence-electron chi connectivity index (χ2n) is 2.11. The van der Waals surface area contributed by atoms with Crippen molar-refractivity contribution in [1.29, 1.82) is 0 Å². The Labute approximate surface area is 134 Å². The number of nitrogens with two attached hydrogens (primary N) is 2. The third-order valence-corrected chi connectivity index (χ3v) is 1.16. The summed E-state index contributed by atoms with van der Waals surface area (Å²) < 4.78 is 21.9. The summed E-state index contributed by atoms with van der Waals surface area (Å²) in [4.78, 5) is 8.00. The Bertz CT molecular complexity index is 294. The van der Waals surface area contributed by atoms with E-state index in [2.05, 4.69) is 0 Å². The summed E-state index contributed by atoms with van der Waals surface area (Å²) in [6.07, 6.45) is 0. The van der Waals surface area contributed by atoms with Gasteiger partial charge in [-0.2, -0.15) is 0 Å². The largest absolute Gasteiger partial charge is 2.00 e. The molecule has 0 spiro atoms. The zero-order valence-corrected chi connectivity index (χ0v) is 13.9. The van der Waals surface area contributed by atoms with E-state index in [9.17, 15) is 0 Å². The molecular weight excluding hydrogens is 528 g/mol. The Balaban J connectivity index is -0.0000000393. The number of nitrogens with zero attached hydrogens (tertiary/aromatic N) is 1. The summed E-state index contributed by atoms with van der Waals surface area (Å²) in [5.74, 6) is 0.153. The summed E-state index contributed by atoms with van der Waals surface area (Å²) in [7, 11) is 0. The molecule has 0 saturated carbocycles. The predicted molar refractivity (Wildman–Crippen MR) is 69.8 cm³/mol. The Hall–Kier alpha value is -0.652. The van der Waals surface area contributed by atoms with Crippen LogP contribution in [0.5, 0.6) is 5.75 Å². The molecule has 0 atom stereocenters. The van der Waals surface area contributed by atoms with Crippen molar-refractivity contribution in [3.63, 3.8) is 0 Å². The van der Waals surface area contributed by atoms with Crippen LogP contribution in [0, 0.1) is 10.1 Å². The van der Waals surface area contributed by atoms with Crippen molar-refractivity contribution in [3.05, 3.63) is 52.2 Å². The maximum absolute atomic E-state index is 8.95. The smallest absolute Gasteiger partial charge is 0.693 e. The number of aromatic hydroxyl groups is 1. The van der Waals surface area contributed by atoms with Crippen molar-refractivity contribution in [3.8, 4) is 5.75 Å². The van der Waals surface area contributed by atoms with Crippen LogP contribution in [0.1, 0.15) is 5.56 Å². The van der Waals surface area contributed by atoms with Gasteiger partial charge in [0.1, 0.15) is 5.75 Å². The quantitative estimate of drug-likeness (QED) is 0.179. The number of phenols is 1. The van der Waals surface area contributed by atoms with Crippen LogP contribution in [-0.4, -0.2) is 43.1 Å². The van der Waals surface area contributed by atoms with E-state index in [4.69, 9.17) is 32.9 Å². The second-order valence-corrected chi connectivity index (χ2v) is 3.13. The maximum Gasteiger partial charge on any atom is 2.00 e. The van der Waals surface area contributed by atoms with Crippen LogP contribution in [0.2, 0.25) is 0 Å². The first-order valence-corrected chi connectivity index (χ1v) is 5.93. The molecule has 0 saturated heterocycles. The topological polar surface area (TPSA) is 252 Å². The summed E-state index contributed by atoms with van der Waals surface area (Å²) in [5, 5.41) is 26.5. The average Bonchev–Trinajstić information content (AvgIpc) is 2.19. The normalized spacial score (nSPS) is 6.65. The first-order valence-electron chi connectivity index (χ1n) is 3.63. The van der Waals surface area contributed by atoms with E-state index in [1.807, 2.05) is 0 Å². The van der Waals surface area contributed by atoms with E-state index in [-0.39, 0.29) is 51.2 Å². The molecule has 11 N–H and O–H groups in total. The van der Waals surface area contributed by atoms with Gasteiger partial charge in [0, 0.05) is 5.56 Å². The molecule has 0 fully saturated rings. The van der Waals surface area contributed by atoms with Crippen LogP contribution in [0.25, 0.3) is 12.3 Å². The minimum absolute atomic E-state index is 0. The minimum Gasteiger partial charge on any atom is -0.693 e.